The summed E-state index contributed by atoms with van der Waals surface area (Å²) in [5.41, 5.74) is 1.89. The molecular formula is C13H18N4O. The molecular weight excluding hydrogens is 228 g/mol. The van der Waals surface area contributed by atoms with Crippen LogP contribution in [0.4, 0.5) is 0 Å². The van der Waals surface area contributed by atoms with Gasteiger partial charge >= 0.3 is 0 Å². The van der Waals surface area contributed by atoms with Gasteiger partial charge in [-0.3, -0.25) is 0 Å². The molecule has 2 rings (SSSR count). The van der Waals surface area contributed by atoms with Gasteiger partial charge in [-0.25, -0.2) is 4.68 Å². The number of benzene rings is 1. The third-order valence-corrected chi connectivity index (χ3v) is 2.37. The molecule has 0 saturated heterocycles. The second kappa shape index (κ2) is 5.64. The van der Waals surface area contributed by atoms with Gasteiger partial charge in [-0.15, -0.1) is 5.10 Å². The Hall–Kier alpha value is -1.88. The van der Waals surface area contributed by atoms with E-state index >= 15 is 0 Å². The molecule has 0 aliphatic rings. The summed E-state index contributed by atoms with van der Waals surface area (Å²) in [5, 5.41) is 11.2. The Morgan fingerprint density at radius 2 is 2.00 bits per heavy atom. The first-order chi connectivity index (χ1) is 8.69. The second-order valence-electron chi connectivity index (χ2n) is 4.35. The summed E-state index contributed by atoms with van der Waals surface area (Å²) in [6.07, 6.45) is 2.10. The molecule has 0 radical (unpaired) electrons. The lowest BCUT2D eigenvalue weighted by Crippen LogP contribution is -2.05. The Balaban J connectivity index is 2.12. The van der Waals surface area contributed by atoms with E-state index in [0.29, 0.717) is 6.54 Å². The fraction of sp³-hybridized carbons (Fsp3) is 0.385. The van der Waals surface area contributed by atoms with Crippen LogP contribution in [0.3, 0.4) is 0 Å². The van der Waals surface area contributed by atoms with Crippen molar-refractivity contribution in [1.29, 1.82) is 0 Å². The Kier molecular flexibility index (Phi) is 3.94. The quantitative estimate of drug-likeness (QED) is 0.873. The standard InChI is InChI=1S/C13H18N4O/c1-10(2)18-13-6-4-12(5-7-13)17-9-11(8-14-3)15-16-17/h4-7,9-10,14H,8H2,1-3H3. The highest BCUT2D eigenvalue weighted by atomic mass is 16.5. The molecule has 5 nitrogen and oxygen atoms in total. The van der Waals surface area contributed by atoms with E-state index in [1.165, 1.54) is 0 Å². The molecule has 1 aromatic carbocycles. The van der Waals surface area contributed by atoms with Gasteiger partial charge in [0.25, 0.3) is 0 Å². The minimum atomic E-state index is 0.185. The van der Waals surface area contributed by atoms with Gasteiger partial charge in [0, 0.05) is 6.54 Å². The normalized spacial score (nSPS) is 10.9. The molecule has 2 aromatic rings. The maximum absolute atomic E-state index is 5.59. The summed E-state index contributed by atoms with van der Waals surface area (Å²) >= 11 is 0. The zero-order chi connectivity index (χ0) is 13.0. The summed E-state index contributed by atoms with van der Waals surface area (Å²) in [4.78, 5) is 0. The third-order valence-electron chi connectivity index (χ3n) is 2.37. The number of nitrogens with one attached hydrogen (secondary N) is 1. The Bertz CT molecular complexity index is 490. The summed E-state index contributed by atoms with van der Waals surface area (Å²) in [5.74, 6) is 0.865. The van der Waals surface area contributed by atoms with Crippen LogP contribution in [0.1, 0.15) is 19.5 Å². The highest BCUT2D eigenvalue weighted by Gasteiger charge is 2.03. The molecule has 0 saturated carbocycles. The van der Waals surface area contributed by atoms with E-state index in [9.17, 15) is 0 Å². The average molecular weight is 246 g/mol. The van der Waals surface area contributed by atoms with Gasteiger partial charge in [-0.05, 0) is 45.2 Å². The fourth-order valence-electron chi connectivity index (χ4n) is 1.64. The summed E-state index contributed by atoms with van der Waals surface area (Å²) in [7, 11) is 1.89. The largest absolute Gasteiger partial charge is 0.491 e. The lowest BCUT2D eigenvalue weighted by atomic mass is 10.3. The number of hydrogen-bond acceptors (Lipinski definition) is 4. The molecule has 0 atom stereocenters. The second-order valence-corrected chi connectivity index (χ2v) is 4.35. The Labute approximate surface area is 107 Å². The van der Waals surface area contributed by atoms with Crippen LogP contribution in [0.15, 0.2) is 30.5 Å². The van der Waals surface area contributed by atoms with Crippen LogP contribution in [-0.4, -0.2) is 28.1 Å². The van der Waals surface area contributed by atoms with Crippen LogP contribution in [0, 0.1) is 0 Å². The van der Waals surface area contributed by atoms with Crippen LogP contribution >= 0.6 is 0 Å². The predicted octanol–water partition coefficient (Wildman–Crippen LogP) is 1.77. The number of hydrogen-bond donors (Lipinski definition) is 1. The SMILES string of the molecule is CNCc1cn(-c2ccc(OC(C)C)cc2)nn1. The lowest BCUT2D eigenvalue weighted by Gasteiger charge is -2.09. The van der Waals surface area contributed by atoms with Gasteiger partial charge in [-0.2, -0.15) is 0 Å². The summed E-state index contributed by atoms with van der Waals surface area (Å²) < 4.78 is 7.35. The fourth-order valence-corrected chi connectivity index (χ4v) is 1.64. The molecule has 0 bridgehead atoms. The molecule has 1 aromatic heterocycles. The van der Waals surface area contributed by atoms with Crippen molar-refractivity contribution in [3.8, 4) is 11.4 Å². The van der Waals surface area contributed by atoms with Crippen molar-refractivity contribution in [2.45, 2.75) is 26.5 Å². The highest BCUT2D eigenvalue weighted by molar-refractivity contribution is 5.36. The van der Waals surface area contributed by atoms with Crippen molar-refractivity contribution in [1.82, 2.24) is 20.3 Å². The number of nitrogens with zero attached hydrogens (tertiary/aromatic N) is 3. The third kappa shape index (κ3) is 3.07. The molecule has 96 valence electrons. The number of ether oxygens (including phenoxy) is 1. The molecule has 0 aliphatic carbocycles. The van der Waals surface area contributed by atoms with Gasteiger partial charge in [0.15, 0.2) is 0 Å². The molecule has 18 heavy (non-hydrogen) atoms. The first kappa shape index (κ1) is 12.6. The number of rotatable bonds is 5. The smallest absolute Gasteiger partial charge is 0.119 e. The molecule has 0 unspecified atom stereocenters. The minimum Gasteiger partial charge on any atom is -0.491 e. The van der Waals surface area contributed by atoms with Crippen LogP contribution < -0.4 is 10.1 Å². The van der Waals surface area contributed by atoms with Crippen molar-refractivity contribution >= 4 is 0 Å². The van der Waals surface area contributed by atoms with E-state index in [4.69, 9.17) is 4.74 Å². The van der Waals surface area contributed by atoms with Crippen molar-refractivity contribution in [2.24, 2.45) is 0 Å². The van der Waals surface area contributed by atoms with Gasteiger partial charge < -0.3 is 10.1 Å². The van der Waals surface area contributed by atoms with Crippen molar-refractivity contribution in [3.63, 3.8) is 0 Å². The van der Waals surface area contributed by atoms with Crippen LogP contribution in [-0.2, 0) is 6.54 Å². The van der Waals surface area contributed by atoms with E-state index in [2.05, 4.69) is 15.6 Å². The topological polar surface area (TPSA) is 52.0 Å². The zero-order valence-electron chi connectivity index (χ0n) is 10.9. The van der Waals surface area contributed by atoms with Crippen LogP contribution in [0.2, 0.25) is 0 Å². The highest BCUT2D eigenvalue weighted by Crippen LogP contribution is 2.16. The molecule has 0 spiro atoms. The molecule has 0 fully saturated rings. The zero-order valence-corrected chi connectivity index (χ0v) is 10.9. The molecule has 1 heterocycles. The maximum atomic E-state index is 5.59. The van der Waals surface area contributed by atoms with Crippen molar-refractivity contribution < 1.29 is 4.74 Å². The first-order valence-electron chi connectivity index (χ1n) is 6.02. The Morgan fingerprint density at radius 3 is 2.61 bits per heavy atom. The first-order valence-corrected chi connectivity index (χ1v) is 6.02. The van der Waals surface area contributed by atoms with Gasteiger partial charge in [0.1, 0.15) is 5.75 Å². The molecule has 1 N–H and O–H groups in total. The van der Waals surface area contributed by atoms with E-state index in [-0.39, 0.29) is 6.10 Å². The van der Waals surface area contributed by atoms with Crippen LogP contribution in [0.5, 0.6) is 5.75 Å². The summed E-state index contributed by atoms with van der Waals surface area (Å²) in [6, 6.07) is 7.81. The monoisotopic (exact) mass is 246 g/mol. The summed E-state index contributed by atoms with van der Waals surface area (Å²) in [6.45, 7) is 4.74. The average Bonchev–Trinajstić information content (AvgIpc) is 2.78. The number of aromatic nitrogens is 3. The van der Waals surface area contributed by atoms with Crippen LogP contribution in [0.25, 0.3) is 5.69 Å². The lowest BCUT2D eigenvalue weighted by molar-refractivity contribution is 0.242. The predicted molar refractivity (Wildman–Crippen MR) is 69.9 cm³/mol. The van der Waals surface area contributed by atoms with E-state index in [1.807, 2.05) is 51.4 Å². The van der Waals surface area contributed by atoms with E-state index < -0.39 is 0 Å². The van der Waals surface area contributed by atoms with Gasteiger partial charge in [-0.1, -0.05) is 5.21 Å². The van der Waals surface area contributed by atoms with Gasteiger partial charge in [0.05, 0.1) is 23.7 Å². The molecule has 5 heteroatoms. The van der Waals surface area contributed by atoms with Crippen molar-refractivity contribution in [2.75, 3.05) is 7.05 Å². The molecule has 0 amide bonds. The maximum Gasteiger partial charge on any atom is 0.119 e. The van der Waals surface area contributed by atoms with E-state index in [0.717, 1.165) is 17.1 Å². The Morgan fingerprint density at radius 1 is 1.28 bits per heavy atom. The molecule has 0 aliphatic heterocycles. The minimum absolute atomic E-state index is 0.185. The van der Waals surface area contributed by atoms with Crippen molar-refractivity contribution in [3.05, 3.63) is 36.2 Å². The van der Waals surface area contributed by atoms with Gasteiger partial charge in [0.2, 0.25) is 0 Å². The van der Waals surface area contributed by atoms with E-state index in [1.54, 1.807) is 4.68 Å².